The lowest BCUT2D eigenvalue weighted by Crippen LogP contribution is -2.31. The Morgan fingerprint density at radius 1 is 1.14 bits per heavy atom. The molecule has 0 bridgehead atoms. The van der Waals surface area contributed by atoms with Gasteiger partial charge in [0.05, 0.1) is 16.0 Å². The molecule has 0 aliphatic rings. The molecule has 2 aromatic carbocycles. The third-order valence-corrected chi connectivity index (χ3v) is 5.03. The third kappa shape index (κ3) is 5.93. The second kappa shape index (κ2) is 9.03. The van der Waals surface area contributed by atoms with Crippen molar-refractivity contribution in [3.05, 3.63) is 58.9 Å². The highest BCUT2D eigenvalue weighted by Crippen LogP contribution is 2.22. The summed E-state index contributed by atoms with van der Waals surface area (Å²) in [5.74, 6) is -1.81. The highest BCUT2D eigenvalue weighted by Gasteiger charge is 2.16. The van der Waals surface area contributed by atoms with E-state index in [0.717, 1.165) is 18.2 Å². The van der Waals surface area contributed by atoms with Gasteiger partial charge in [-0.05, 0) is 56.3 Å². The standard InChI is InChI=1S/C18H18ClFN2O5S/c1-11(2)27-17(23)10-21-18(24)12-3-5-13(6-4-12)22-28(25,26)14-7-8-16(20)15(19)9-14/h3-9,11,22H,10H2,1-2H3,(H,21,24). The largest absolute Gasteiger partial charge is 0.462 e. The Balaban J connectivity index is 2.02. The molecule has 0 heterocycles. The highest BCUT2D eigenvalue weighted by atomic mass is 35.5. The predicted molar refractivity (Wildman–Crippen MR) is 102 cm³/mol. The van der Waals surface area contributed by atoms with E-state index in [0.29, 0.717) is 0 Å². The van der Waals surface area contributed by atoms with Crippen molar-refractivity contribution >= 4 is 39.2 Å². The molecule has 0 aliphatic heterocycles. The number of carbonyl (C=O) groups excluding carboxylic acids is 2. The number of nitrogens with one attached hydrogen (secondary N) is 2. The molecule has 0 radical (unpaired) electrons. The maximum atomic E-state index is 13.2. The fourth-order valence-electron chi connectivity index (χ4n) is 2.11. The van der Waals surface area contributed by atoms with E-state index >= 15 is 0 Å². The Kier molecular flexibility index (Phi) is 6.98. The zero-order valence-electron chi connectivity index (χ0n) is 15.0. The molecule has 0 unspecified atom stereocenters. The molecule has 0 saturated carbocycles. The molecule has 2 N–H and O–H groups in total. The average Bonchev–Trinajstić information content (AvgIpc) is 2.61. The molecule has 10 heteroatoms. The van der Waals surface area contributed by atoms with Gasteiger partial charge in [0.1, 0.15) is 12.4 Å². The van der Waals surface area contributed by atoms with E-state index in [4.69, 9.17) is 16.3 Å². The van der Waals surface area contributed by atoms with Gasteiger partial charge in [0.25, 0.3) is 15.9 Å². The summed E-state index contributed by atoms with van der Waals surface area (Å²) in [5, 5.41) is 2.09. The molecule has 2 rings (SSSR count). The zero-order chi connectivity index (χ0) is 20.9. The normalized spacial score (nSPS) is 11.2. The van der Waals surface area contributed by atoms with Crippen molar-refractivity contribution in [2.45, 2.75) is 24.8 Å². The number of rotatable bonds is 7. The van der Waals surface area contributed by atoms with E-state index in [2.05, 4.69) is 10.0 Å². The fraction of sp³-hybridized carbons (Fsp3) is 0.222. The van der Waals surface area contributed by atoms with Crippen LogP contribution in [0.4, 0.5) is 10.1 Å². The van der Waals surface area contributed by atoms with Gasteiger partial charge in [-0.15, -0.1) is 0 Å². The van der Waals surface area contributed by atoms with Gasteiger partial charge >= 0.3 is 5.97 Å². The van der Waals surface area contributed by atoms with Crippen molar-refractivity contribution in [1.29, 1.82) is 0 Å². The Morgan fingerprint density at radius 3 is 2.36 bits per heavy atom. The molecular weight excluding hydrogens is 411 g/mol. The van der Waals surface area contributed by atoms with E-state index in [-0.39, 0.29) is 33.8 Å². The smallest absolute Gasteiger partial charge is 0.325 e. The summed E-state index contributed by atoms with van der Waals surface area (Å²) in [6.45, 7) is 3.11. The Hall–Kier alpha value is -2.65. The first kappa shape index (κ1) is 21.6. The molecule has 0 saturated heterocycles. The summed E-state index contributed by atoms with van der Waals surface area (Å²) < 4.78 is 45.1. The third-order valence-electron chi connectivity index (χ3n) is 3.36. The molecule has 1 amide bonds. The number of anilines is 1. The van der Waals surface area contributed by atoms with Crippen molar-refractivity contribution < 1.29 is 27.1 Å². The molecule has 150 valence electrons. The van der Waals surface area contributed by atoms with Crippen LogP contribution in [0.2, 0.25) is 5.02 Å². The van der Waals surface area contributed by atoms with Gasteiger partial charge in [-0.1, -0.05) is 11.6 Å². The number of hydrogen-bond donors (Lipinski definition) is 2. The van der Waals surface area contributed by atoms with E-state index in [1.54, 1.807) is 13.8 Å². The first-order chi connectivity index (χ1) is 13.1. The quantitative estimate of drug-likeness (QED) is 0.660. The molecule has 0 fully saturated rings. The summed E-state index contributed by atoms with van der Waals surface area (Å²) in [7, 11) is -3.98. The van der Waals surface area contributed by atoms with Gasteiger partial charge in [-0.2, -0.15) is 0 Å². The monoisotopic (exact) mass is 428 g/mol. The number of benzene rings is 2. The minimum atomic E-state index is -3.98. The van der Waals surface area contributed by atoms with E-state index in [9.17, 15) is 22.4 Å². The lowest BCUT2D eigenvalue weighted by Gasteiger charge is -2.10. The summed E-state index contributed by atoms with van der Waals surface area (Å²) in [6, 6.07) is 8.57. The first-order valence-electron chi connectivity index (χ1n) is 8.14. The van der Waals surface area contributed by atoms with Gasteiger partial charge in [0.15, 0.2) is 0 Å². The summed E-state index contributed by atoms with van der Waals surface area (Å²) in [5.41, 5.74) is 0.418. The van der Waals surface area contributed by atoms with Crippen LogP contribution in [0.3, 0.4) is 0 Å². The number of esters is 1. The molecule has 0 aliphatic carbocycles. The van der Waals surface area contributed by atoms with Crippen molar-refractivity contribution in [1.82, 2.24) is 5.32 Å². The fourth-order valence-corrected chi connectivity index (χ4v) is 3.44. The van der Waals surface area contributed by atoms with Gasteiger partial charge in [-0.25, -0.2) is 12.8 Å². The zero-order valence-corrected chi connectivity index (χ0v) is 16.6. The molecule has 2 aromatic rings. The lowest BCUT2D eigenvalue weighted by molar-refractivity contribution is -0.146. The first-order valence-corrected chi connectivity index (χ1v) is 10.00. The lowest BCUT2D eigenvalue weighted by atomic mass is 10.2. The number of hydrogen-bond acceptors (Lipinski definition) is 5. The number of halogens is 2. The van der Waals surface area contributed by atoms with Crippen LogP contribution < -0.4 is 10.0 Å². The SMILES string of the molecule is CC(C)OC(=O)CNC(=O)c1ccc(NS(=O)(=O)c2ccc(F)c(Cl)c2)cc1. The number of amides is 1. The van der Waals surface area contributed by atoms with Crippen LogP contribution in [-0.4, -0.2) is 32.9 Å². The Bertz CT molecular complexity index is 978. The van der Waals surface area contributed by atoms with Crippen molar-refractivity contribution in [3.63, 3.8) is 0 Å². The van der Waals surface area contributed by atoms with Gasteiger partial charge in [-0.3, -0.25) is 14.3 Å². The second-order valence-electron chi connectivity index (χ2n) is 5.98. The van der Waals surface area contributed by atoms with E-state index in [1.807, 2.05) is 0 Å². The summed E-state index contributed by atoms with van der Waals surface area (Å²) in [4.78, 5) is 23.2. The number of sulfonamides is 1. The molecular formula is C18H18ClFN2O5S. The maximum absolute atomic E-state index is 13.2. The van der Waals surface area contributed by atoms with Gasteiger partial charge in [0, 0.05) is 11.3 Å². The van der Waals surface area contributed by atoms with Crippen molar-refractivity contribution in [3.8, 4) is 0 Å². The van der Waals surface area contributed by atoms with Crippen LogP contribution in [0.5, 0.6) is 0 Å². The highest BCUT2D eigenvalue weighted by molar-refractivity contribution is 7.92. The minimum Gasteiger partial charge on any atom is -0.462 e. The van der Waals surface area contributed by atoms with Crippen LogP contribution in [0.1, 0.15) is 24.2 Å². The number of ether oxygens (including phenoxy) is 1. The van der Waals surface area contributed by atoms with Crippen LogP contribution in [0.15, 0.2) is 47.4 Å². The molecule has 0 aromatic heterocycles. The van der Waals surface area contributed by atoms with E-state index < -0.39 is 27.7 Å². The molecule has 7 nitrogen and oxygen atoms in total. The second-order valence-corrected chi connectivity index (χ2v) is 8.07. The average molecular weight is 429 g/mol. The Labute approximate surface area is 166 Å². The van der Waals surface area contributed by atoms with Crippen molar-refractivity contribution in [2.75, 3.05) is 11.3 Å². The summed E-state index contributed by atoms with van der Waals surface area (Å²) >= 11 is 5.61. The van der Waals surface area contributed by atoms with Crippen molar-refractivity contribution in [2.24, 2.45) is 0 Å². The minimum absolute atomic E-state index is 0.191. The van der Waals surface area contributed by atoms with Crippen LogP contribution in [0, 0.1) is 5.82 Å². The predicted octanol–water partition coefficient (Wildman–Crippen LogP) is 2.96. The summed E-state index contributed by atoms with van der Waals surface area (Å²) in [6.07, 6.45) is -0.285. The van der Waals surface area contributed by atoms with Gasteiger partial charge < -0.3 is 10.1 Å². The Morgan fingerprint density at radius 2 is 1.79 bits per heavy atom. The van der Waals surface area contributed by atoms with Crippen LogP contribution >= 0.6 is 11.6 Å². The number of carbonyl (C=O) groups is 2. The molecule has 28 heavy (non-hydrogen) atoms. The molecule has 0 atom stereocenters. The maximum Gasteiger partial charge on any atom is 0.325 e. The van der Waals surface area contributed by atoms with Crippen LogP contribution in [-0.2, 0) is 19.6 Å². The topological polar surface area (TPSA) is 102 Å². The van der Waals surface area contributed by atoms with E-state index in [1.165, 1.54) is 24.3 Å². The molecule has 0 spiro atoms. The van der Waals surface area contributed by atoms with Crippen LogP contribution in [0.25, 0.3) is 0 Å². The van der Waals surface area contributed by atoms with Gasteiger partial charge in [0.2, 0.25) is 0 Å².